The maximum atomic E-state index is 13.0. The summed E-state index contributed by atoms with van der Waals surface area (Å²) in [4.78, 5) is 7.60. The van der Waals surface area contributed by atoms with Gasteiger partial charge < -0.3 is 0 Å². The predicted octanol–water partition coefficient (Wildman–Crippen LogP) is 2.87. The fourth-order valence-corrected chi connectivity index (χ4v) is 1.70. The molecule has 1 unspecified atom stereocenters. The maximum absolute atomic E-state index is 13.0. The second-order valence-corrected chi connectivity index (χ2v) is 3.97. The Morgan fingerprint density at radius 2 is 1.84 bits per heavy atom. The molecular formula is C13H12F3N3. The number of hydrogen-bond acceptors (Lipinski definition) is 3. The third-order valence-corrected chi connectivity index (χ3v) is 2.59. The number of hydrogen-bond donors (Lipinski definition) is 1. The molecule has 19 heavy (non-hydrogen) atoms. The Hall–Kier alpha value is -1.95. The van der Waals surface area contributed by atoms with Crippen molar-refractivity contribution in [1.29, 1.82) is 0 Å². The minimum absolute atomic E-state index is 0.0294. The molecule has 0 spiro atoms. The highest BCUT2D eigenvalue weighted by atomic mass is 19.4. The molecule has 0 aliphatic rings. The van der Waals surface area contributed by atoms with Gasteiger partial charge in [-0.15, -0.1) is 0 Å². The largest absolute Gasteiger partial charge is 0.407 e. The Kier molecular flexibility index (Phi) is 4.11. The quantitative estimate of drug-likeness (QED) is 0.925. The van der Waals surface area contributed by atoms with Crippen molar-refractivity contribution in [2.75, 3.05) is 0 Å². The summed E-state index contributed by atoms with van der Waals surface area (Å²) in [6.07, 6.45) is -1.55. The zero-order valence-electron chi connectivity index (χ0n) is 9.93. The molecule has 100 valence electrons. The van der Waals surface area contributed by atoms with Gasteiger partial charge >= 0.3 is 6.18 Å². The summed E-state index contributed by atoms with van der Waals surface area (Å²) < 4.78 is 39.0. The molecule has 1 aromatic heterocycles. The second kappa shape index (κ2) is 5.79. The van der Waals surface area contributed by atoms with Crippen molar-refractivity contribution in [2.24, 2.45) is 0 Å². The Bertz CT molecular complexity index is 500. The molecule has 0 radical (unpaired) electrons. The van der Waals surface area contributed by atoms with Gasteiger partial charge in [0.15, 0.2) is 0 Å². The van der Waals surface area contributed by atoms with Crippen LogP contribution in [-0.2, 0) is 6.54 Å². The van der Waals surface area contributed by atoms with E-state index in [1.807, 2.05) is 0 Å². The molecule has 2 aromatic rings. The van der Waals surface area contributed by atoms with Crippen molar-refractivity contribution in [3.05, 3.63) is 60.2 Å². The van der Waals surface area contributed by atoms with Gasteiger partial charge in [-0.05, 0) is 11.6 Å². The first kappa shape index (κ1) is 13.5. The Labute approximate surface area is 108 Å². The van der Waals surface area contributed by atoms with E-state index in [4.69, 9.17) is 0 Å². The summed E-state index contributed by atoms with van der Waals surface area (Å²) in [5, 5.41) is 2.48. The summed E-state index contributed by atoms with van der Waals surface area (Å²) in [6, 6.07) is 7.62. The van der Waals surface area contributed by atoms with Crippen LogP contribution in [-0.4, -0.2) is 16.1 Å². The number of alkyl halides is 3. The SMILES string of the molecule is FC(F)(F)C(NCc1ccncn1)c1ccccc1. The second-order valence-electron chi connectivity index (χ2n) is 3.97. The fraction of sp³-hybridized carbons (Fsp3) is 0.231. The van der Waals surface area contributed by atoms with Crippen LogP contribution in [0.1, 0.15) is 17.3 Å². The molecule has 0 amide bonds. The van der Waals surface area contributed by atoms with E-state index in [1.54, 1.807) is 24.3 Å². The lowest BCUT2D eigenvalue weighted by atomic mass is 10.1. The number of nitrogens with one attached hydrogen (secondary N) is 1. The lowest BCUT2D eigenvalue weighted by molar-refractivity contribution is -0.158. The van der Waals surface area contributed by atoms with E-state index in [1.165, 1.54) is 24.7 Å². The molecule has 0 aliphatic heterocycles. The van der Waals surface area contributed by atoms with Crippen molar-refractivity contribution in [3.63, 3.8) is 0 Å². The van der Waals surface area contributed by atoms with Crippen LogP contribution in [0, 0.1) is 0 Å². The Morgan fingerprint density at radius 3 is 2.42 bits per heavy atom. The molecule has 1 N–H and O–H groups in total. The topological polar surface area (TPSA) is 37.8 Å². The van der Waals surface area contributed by atoms with E-state index in [2.05, 4.69) is 15.3 Å². The Morgan fingerprint density at radius 1 is 1.11 bits per heavy atom. The summed E-state index contributed by atoms with van der Waals surface area (Å²) in [5.74, 6) is 0. The number of benzene rings is 1. The van der Waals surface area contributed by atoms with E-state index in [9.17, 15) is 13.2 Å². The molecule has 0 fully saturated rings. The number of nitrogens with zero attached hydrogens (tertiary/aromatic N) is 2. The van der Waals surface area contributed by atoms with Crippen molar-refractivity contribution in [2.45, 2.75) is 18.8 Å². The van der Waals surface area contributed by atoms with Crippen LogP contribution < -0.4 is 5.32 Å². The van der Waals surface area contributed by atoms with Crippen LogP contribution >= 0.6 is 0 Å². The van der Waals surface area contributed by atoms with Gasteiger partial charge in [0.2, 0.25) is 0 Å². The van der Waals surface area contributed by atoms with E-state index in [-0.39, 0.29) is 12.1 Å². The van der Waals surface area contributed by atoms with Gasteiger partial charge in [-0.25, -0.2) is 9.97 Å². The van der Waals surface area contributed by atoms with E-state index in [0.29, 0.717) is 5.69 Å². The van der Waals surface area contributed by atoms with Gasteiger partial charge in [-0.2, -0.15) is 13.2 Å². The van der Waals surface area contributed by atoms with E-state index in [0.717, 1.165) is 0 Å². The molecule has 2 rings (SSSR count). The zero-order valence-corrected chi connectivity index (χ0v) is 9.93. The van der Waals surface area contributed by atoms with Crippen molar-refractivity contribution >= 4 is 0 Å². The summed E-state index contributed by atoms with van der Waals surface area (Å²) >= 11 is 0. The lowest BCUT2D eigenvalue weighted by Gasteiger charge is -2.21. The van der Waals surface area contributed by atoms with Crippen LogP contribution in [0.15, 0.2) is 48.9 Å². The standard InChI is InChI=1S/C13H12F3N3/c14-13(15,16)12(10-4-2-1-3-5-10)18-8-11-6-7-17-9-19-11/h1-7,9,12,18H,8H2. The minimum Gasteiger partial charge on any atom is -0.297 e. The summed E-state index contributed by atoms with van der Waals surface area (Å²) in [7, 11) is 0. The van der Waals surface area contributed by atoms with E-state index < -0.39 is 12.2 Å². The average molecular weight is 267 g/mol. The predicted molar refractivity (Wildman–Crippen MR) is 64.1 cm³/mol. The number of aromatic nitrogens is 2. The normalized spacial score (nSPS) is 13.2. The van der Waals surface area contributed by atoms with Crippen LogP contribution in [0.3, 0.4) is 0 Å². The number of rotatable bonds is 4. The summed E-state index contributed by atoms with van der Waals surface area (Å²) in [5.41, 5.74) is 0.698. The van der Waals surface area contributed by atoms with Crippen LogP contribution in [0.25, 0.3) is 0 Å². The van der Waals surface area contributed by atoms with Gasteiger partial charge in [-0.3, -0.25) is 5.32 Å². The van der Waals surface area contributed by atoms with Crippen molar-refractivity contribution < 1.29 is 13.2 Å². The highest BCUT2D eigenvalue weighted by Crippen LogP contribution is 2.32. The molecule has 6 heteroatoms. The molecule has 1 aromatic carbocycles. The van der Waals surface area contributed by atoms with Crippen LogP contribution in [0.5, 0.6) is 0 Å². The van der Waals surface area contributed by atoms with Crippen molar-refractivity contribution in [3.8, 4) is 0 Å². The lowest BCUT2D eigenvalue weighted by Crippen LogP contribution is -2.34. The number of halogens is 3. The van der Waals surface area contributed by atoms with Crippen LogP contribution in [0.4, 0.5) is 13.2 Å². The van der Waals surface area contributed by atoms with Gasteiger partial charge in [-0.1, -0.05) is 30.3 Å². The third-order valence-electron chi connectivity index (χ3n) is 2.59. The van der Waals surface area contributed by atoms with Gasteiger partial charge in [0.25, 0.3) is 0 Å². The smallest absolute Gasteiger partial charge is 0.297 e. The van der Waals surface area contributed by atoms with E-state index >= 15 is 0 Å². The molecule has 0 saturated carbocycles. The highest BCUT2D eigenvalue weighted by molar-refractivity contribution is 5.20. The fourth-order valence-electron chi connectivity index (χ4n) is 1.70. The molecule has 3 nitrogen and oxygen atoms in total. The third kappa shape index (κ3) is 3.75. The monoisotopic (exact) mass is 267 g/mol. The Balaban J connectivity index is 2.12. The first-order valence-corrected chi connectivity index (χ1v) is 5.67. The first-order valence-electron chi connectivity index (χ1n) is 5.67. The zero-order chi connectivity index (χ0) is 13.7. The molecule has 1 atom stereocenters. The highest BCUT2D eigenvalue weighted by Gasteiger charge is 2.40. The van der Waals surface area contributed by atoms with Crippen LogP contribution in [0.2, 0.25) is 0 Å². The molecule has 0 bridgehead atoms. The van der Waals surface area contributed by atoms with Gasteiger partial charge in [0.1, 0.15) is 12.4 Å². The van der Waals surface area contributed by atoms with Gasteiger partial charge in [0.05, 0.1) is 5.69 Å². The molecule has 1 heterocycles. The van der Waals surface area contributed by atoms with Gasteiger partial charge in [0, 0.05) is 12.7 Å². The molecular weight excluding hydrogens is 255 g/mol. The minimum atomic E-state index is -4.35. The maximum Gasteiger partial charge on any atom is 0.407 e. The first-order chi connectivity index (χ1) is 9.07. The molecule has 0 saturated heterocycles. The average Bonchev–Trinajstić information content (AvgIpc) is 2.40. The van der Waals surface area contributed by atoms with Crippen molar-refractivity contribution in [1.82, 2.24) is 15.3 Å². The molecule has 0 aliphatic carbocycles. The summed E-state index contributed by atoms with van der Waals surface area (Å²) in [6.45, 7) is 0.0294.